The van der Waals surface area contributed by atoms with Gasteiger partial charge in [-0.3, -0.25) is 4.79 Å². The number of pyridine rings is 1. The number of halogens is 20. The lowest BCUT2D eigenvalue weighted by molar-refractivity contribution is -0.683. The van der Waals surface area contributed by atoms with Crippen LogP contribution in [0.2, 0.25) is 0 Å². The number of ketones is 1. The summed E-state index contributed by atoms with van der Waals surface area (Å²) in [6.45, 7) is -0.0653. The first-order valence-electron chi connectivity index (χ1n) is 17.0. The average Bonchev–Trinajstić information content (AvgIpc) is 3.29. The number of benzene rings is 5. The van der Waals surface area contributed by atoms with Gasteiger partial charge in [0.15, 0.2) is 82.2 Å². The Morgan fingerprint density at radius 3 is 0.894 bits per heavy atom. The number of carbonyl (C=O) groups excluding carboxylic acids is 1. The SMILES string of the molecule is Fc1c(F)c(F)c([B-](c2c(F)c(F)c(F)c(F)c2F)(c2c(F)c(F)c(F)c(F)c2F)c2c(F)c(F)c(F)c(F)c2F)c(F)c1F.O=C(C[n+]1ccc(C(=O)O)c(C(=O)O)c1)c1ccccc1. The van der Waals surface area contributed by atoms with Crippen molar-refractivity contribution in [1.82, 2.24) is 0 Å². The summed E-state index contributed by atoms with van der Waals surface area (Å²) in [6.07, 6.45) is -4.70. The molecule has 0 aliphatic rings. The first-order chi connectivity index (χ1) is 30.7. The molecule has 6 aromatic rings. The Bertz CT molecular complexity index is 2660. The van der Waals surface area contributed by atoms with Gasteiger partial charge < -0.3 is 10.2 Å². The topological polar surface area (TPSA) is 95.5 Å². The lowest BCUT2D eigenvalue weighted by atomic mass is 9.12. The highest BCUT2D eigenvalue weighted by Crippen LogP contribution is 2.31. The van der Waals surface area contributed by atoms with Crippen LogP contribution in [0.5, 0.6) is 0 Å². The van der Waals surface area contributed by atoms with Crippen molar-refractivity contribution >= 4 is 45.7 Å². The van der Waals surface area contributed by atoms with E-state index in [0.717, 1.165) is 6.20 Å². The van der Waals surface area contributed by atoms with Crippen LogP contribution in [0.1, 0.15) is 31.1 Å². The Hall–Kier alpha value is -7.48. The van der Waals surface area contributed by atoms with Gasteiger partial charge in [0.2, 0.25) is 12.3 Å². The lowest BCUT2D eigenvalue weighted by Crippen LogP contribution is -2.81. The molecular weight excluding hydrogens is 953 g/mol. The van der Waals surface area contributed by atoms with Gasteiger partial charge >= 0.3 is 11.9 Å². The predicted octanol–water partition coefficient (Wildman–Crippen LogP) is 7.10. The van der Waals surface area contributed by atoms with Crippen molar-refractivity contribution < 1.29 is 117 Å². The maximum atomic E-state index is 15.4. The third kappa shape index (κ3) is 7.79. The summed E-state index contributed by atoms with van der Waals surface area (Å²) in [5, 5.41) is 18.0. The van der Waals surface area contributed by atoms with Gasteiger partial charge in [-0.1, -0.05) is 30.3 Å². The zero-order chi connectivity index (χ0) is 49.8. The maximum absolute atomic E-state index is 15.4. The van der Waals surface area contributed by atoms with E-state index in [-0.39, 0.29) is 23.5 Å². The smallest absolute Gasteiger partial charge is 0.342 e. The van der Waals surface area contributed by atoms with Crippen LogP contribution in [0, 0.1) is 116 Å². The van der Waals surface area contributed by atoms with E-state index in [0.29, 0.717) is 5.56 Å². The third-order valence-corrected chi connectivity index (χ3v) is 9.61. The molecule has 1 aromatic heterocycles. The minimum atomic E-state index is -7.22. The Morgan fingerprint density at radius 2 is 0.636 bits per heavy atom. The van der Waals surface area contributed by atoms with Crippen molar-refractivity contribution in [1.29, 1.82) is 0 Å². The molecule has 27 heteroatoms. The maximum Gasteiger partial charge on any atom is 0.342 e. The largest absolute Gasteiger partial charge is 0.478 e. The van der Waals surface area contributed by atoms with Gasteiger partial charge in [0, 0.05) is 11.6 Å². The van der Waals surface area contributed by atoms with Crippen molar-refractivity contribution in [2.75, 3.05) is 0 Å². The minimum absolute atomic E-state index is 0.0653. The molecule has 66 heavy (non-hydrogen) atoms. The number of hydrogen-bond donors (Lipinski definition) is 2. The molecule has 0 saturated heterocycles. The number of carboxylic acid groups (broad SMARTS) is 2. The Balaban J connectivity index is 0.000000324. The quantitative estimate of drug-likeness (QED) is 0.0403. The molecule has 0 fully saturated rings. The molecule has 0 unspecified atom stereocenters. The van der Waals surface area contributed by atoms with Crippen LogP contribution < -0.4 is 26.4 Å². The number of hydrogen-bond acceptors (Lipinski definition) is 3. The van der Waals surface area contributed by atoms with Gasteiger partial charge in [0.05, 0.1) is 5.56 Å². The Morgan fingerprint density at radius 1 is 0.379 bits per heavy atom. The standard InChI is InChI=1S/C24BF20.C15H11NO5/c26-5-1(6(27)14(35)21(42)13(5)34)25(2-7(28)15(36)22(43)16(37)8(2)29,3-9(30)17(38)23(44)18(39)10(3)31)4-11(32)19(40)24(45)20(41)12(4)33;17-13(10-4-2-1-3-5-10)9-16-7-6-11(14(18)19)12(8-16)15(20)21/h;1-8H,9H2,(H-,18,19,20,21)/q-1;/p+1. The summed E-state index contributed by atoms with van der Waals surface area (Å²) in [6, 6.07) is 9.74. The van der Waals surface area contributed by atoms with E-state index in [2.05, 4.69) is 0 Å². The van der Waals surface area contributed by atoms with Crippen LogP contribution in [0.4, 0.5) is 87.8 Å². The molecule has 0 atom stereocenters. The number of aromatic carboxylic acids is 2. The minimum Gasteiger partial charge on any atom is -0.478 e. The number of aromatic nitrogens is 1. The fourth-order valence-electron chi connectivity index (χ4n) is 6.75. The molecule has 0 spiro atoms. The predicted molar refractivity (Wildman–Crippen MR) is 181 cm³/mol. The second kappa shape index (κ2) is 18.2. The number of carboxylic acids is 2. The van der Waals surface area contributed by atoms with E-state index in [1.807, 2.05) is 0 Å². The molecule has 0 radical (unpaired) electrons. The highest BCUT2D eigenvalue weighted by Gasteiger charge is 2.52. The van der Waals surface area contributed by atoms with Crippen LogP contribution in [-0.2, 0) is 6.54 Å². The number of rotatable bonds is 9. The van der Waals surface area contributed by atoms with Gasteiger partial charge in [-0.15, -0.1) is 21.9 Å². The van der Waals surface area contributed by atoms with Crippen LogP contribution in [0.25, 0.3) is 0 Å². The summed E-state index contributed by atoms with van der Waals surface area (Å²) in [4.78, 5) is 34.0. The van der Waals surface area contributed by atoms with Gasteiger partial charge in [-0.25, -0.2) is 97.4 Å². The summed E-state index contributed by atoms with van der Waals surface area (Å²) in [7, 11) is 0. The van der Waals surface area contributed by atoms with Crippen LogP contribution in [0.3, 0.4) is 0 Å². The van der Waals surface area contributed by atoms with Gasteiger partial charge in [0.1, 0.15) is 58.2 Å². The number of carbonyl (C=O) groups is 3. The van der Waals surface area contributed by atoms with E-state index in [1.165, 1.54) is 16.8 Å². The first-order valence-corrected chi connectivity index (χ1v) is 17.0. The first kappa shape index (κ1) is 49.5. The number of nitrogens with zero attached hydrogens (tertiary/aromatic N) is 1. The average molecular weight is 965 g/mol. The van der Waals surface area contributed by atoms with Crippen LogP contribution in [0.15, 0.2) is 48.8 Å². The zero-order valence-corrected chi connectivity index (χ0v) is 31.0. The summed E-state index contributed by atoms with van der Waals surface area (Å²) < 4.78 is 295. The Labute approximate surface area is 351 Å². The van der Waals surface area contributed by atoms with Gasteiger partial charge in [-0.05, 0) is 0 Å². The van der Waals surface area contributed by atoms with E-state index < -0.39 is 156 Å². The number of Topliss-reactive ketones (excluding diaryl/α,β-unsaturated/α-hetero) is 1. The van der Waals surface area contributed by atoms with Crippen LogP contribution >= 0.6 is 0 Å². The molecule has 6 nitrogen and oxygen atoms in total. The molecule has 0 aliphatic heterocycles. The van der Waals surface area contributed by atoms with E-state index in [1.54, 1.807) is 30.3 Å². The zero-order valence-electron chi connectivity index (χ0n) is 31.0. The molecular formula is C39H12BF20NO5. The van der Waals surface area contributed by atoms with Crippen molar-refractivity contribution in [3.05, 3.63) is 182 Å². The molecule has 0 amide bonds. The van der Waals surface area contributed by atoms with Crippen molar-refractivity contribution in [2.45, 2.75) is 6.54 Å². The molecule has 5 aromatic carbocycles. The molecule has 0 bridgehead atoms. The molecule has 0 aliphatic carbocycles. The highest BCUT2D eigenvalue weighted by molar-refractivity contribution is 7.20. The molecule has 1 heterocycles. The van der Waals surface area contributed by atoms with Crippen molar-refractivity contribution in [3.63, 3.8) is 0 Å². The van der Waals surface area contributed by atoms with Crippen molar-refractivity contribution in [2.24, 2.45) is 0 Å². The van der Waals surface area contributed by atoms with Crippen molar-refractivity contribution in [3.8, 4) is 0 Å². The summed E-state index contributed by atoms with van der Waals surface area (Å²) in [5.74, 6) is -74.3. The normalized spacial score (nSPS) is 11.4. The fourth-order valence-corrected chi connectivity index (χ4v) is 6.75. The van der Waals surface area contributed by atoms with E-state index in [9.17, 15) is 67.1 Å². The molecule has 6 rings (SSSR count). The van der Waals surface area contributed by atoms with Gasteiger partial charge in [-0.2, -0.15) is 4.57 Å². The van der Waals surface area contributed by atoms with Crippen LogP contribution in [-0.4, -0.2) is 34.1 Å². The third-order valence-electron chi connectivity index (χ3n) is 9.61. The summed E-state index contributed by atoms with van der Waals surface area (Å²) >= 11 is 0. The monoisotopic (exact) mass is 965 g/mol. The molecule has 0 saturated carbocycles. The second-order valence-corrected chi connectivity index (χ2v) is 13.1. The van der Waals surface area contributed by atoms with Gasteiger partial charge in [0.25, 0.3) is 0 Å². The fraction of sp³-hybridized carbons (Fsp3) is 0.0256. The lowest BCUT2D eigenvalue weighted by Gasteiger charge is -2.44. The van der Waals surface area contributed by atoms with E-state index >= 15 is 35.1 Å². The molecule has 346 valence electrons. The highest BCUT2D eigenvalue weighted by atomic mass is 19.2. The van der Waals surface area contributed by atoms with E-state index in [4.69, 9.17) is 10.2 Å². The molecule has 2 N–H and O–H groups in total. The summed E-state index contributed by atoms with van der Waals surface area (Å²) in [5.41, 5.74) is -14.5. The Kier molecular flexibility index (Phi) is 13.7. The second-order valence-electron chi connectivity index (χ2n) is 13.1.